The average Bonchev–Trinajstić information content (AvgIpc) is 3.01. The Morgan fingerprint density at radius 1 is 1.08 bits per heavy atom. The molecule has 0 saturated carbocycles. The number of fused-ring (bicyclic) bond motifs is 1. The van der Waals surface area contributed by atoms with E-state index in [1.54, 1.807) is 11.0 Å². The second-order valence-electron chi connectivity index (χ2n) is 7.54. The van der Waals surface area contributed by atoms with Crippen LogP contribution in [0.4, 0.5) is 0 Å². The zero-order valence-electron chi connectivity index (χ0n) is 14.8. The van der Waals surface area contributed by atoms with E-state index in [1.165, 1.54) is 16.4 Å². The summed E-state index contributed by atoms with van der Waals surface area (Å²) in [6.45, 7) is 7.59. The van der Waals surface area contributed by atoms with Crippen LogP contribution in [0.2, 0.25) is 0 Å². The molecule has 0 radical (unpaired) electrons. The second kappa shape index (κ2) is 6.49. The zero-order chi connectivity index (χ0) is 18.2. The molecule has 1 aromatic rings. The average molecular weight is 368 g/mol. The fourth-order valence-corrected chi connectivity index (χ4v) is 4.37. The van der Waals surface area contributed by atoms with Crippen molar-refractivity contribution in [1.29, 1.82) is 0 Å². The molecule has 1 fully saturated rings. The lowest BCUT2D eigenvalue weighted by atomic mass is 9.91. The molecule has 0 bridgehead atoms. The van der Waals surface area contributed by atoms with Crippen molar-refractivity contribution in [2.24, 2.45) is 5.41 Å². The number of rotatable bonds is 3. The highest BCUT2D eigenvalue weighted by atomic mass is 32.2. The minimum Gasteiger partial charge on any atom is -0.454 e. The lowest BCUT2D eigenvalue weighted by Gasteiger charge is -2.35. The molecule has 0 unspecified atom stereocenters. The number of amides is 1. The number of sulfonamides is 1. The van der Waals surface area contributed by atoms with Gasteiger partial charge in [-0.15, -0.1) is 0 Å². The van der Waals surface area contributed by atoms with Crippen LogP contribution >= 0.6 is 0 Å². The maximum atomic E-state index is 12.8. The van der Waals surface area contributed by atoms with Crippen LogP contribution < -0.4 is 9.47 Å². The van der Waals surface area contributed by atoms with Gasteiger partial charge in [0.15, 0.2) is 11.5 Å². The normalized spacial score (nSPS) is 18.4. The number of carbonyl (C=O) groups is 1. The quantitative estimate of drug-likeness (QED) is 0.811. The van der Waals surface area contributed by atoms with Crippen LogP contribution in [0.3, 0.4) is 0 Å². The fourth-order valence-electron chi connectivity index (χ4n) is 2.93. The number of piperazine rings is 1. The van der Waals surface area contributed by atoms with E-state index in [-0.39, 0.29) is 23.0 Å². The van der Waals surface area contributed by atoms with Crippen LogP contribution in [0, 0.1) is 5.41 Å². The minimum absolute atomic E-state index is 0.0765. The summed E-state index contributed by atoms with van der Waals surface area (Å²) in [5.74, 6) is 1.07. The van der Waals surface area contributed by atoms with Crippen LogP contribution in [0.25, 0.3) is 0 Å². The first-order valence-electron chi connectivity index (χ1n) is 8.34. The van der Waals surface area contributed by atoms with Gasteiger partial charge in [-0.05, 0) is 17.5 Å². The van der Waals surface area contributed by atoms with Gasteiger partial charge in [-0.3, -0.25) is 4.79 Å². The number of hydrogen-bond acceptors (Lipinski definition) is 5. The van der Waals surface area contributed by atoms with Gasteiger partial charge in [0.2, 0.25) is 22.7 Å². The molecule has 1 aromatic carbocycles. The summed E-state index contributed by atoms with van der Waals surface area (Å²) in [6.07, 6.45) is 0.460. The van der Waals surface area contributed by atoms with Crippen molar-refractivity contribution < 1.29 is 22.7 Å². The third-order valence-electron chi connectivity index (χ3n) is 4.25. The van der Waals surface area contributed by atoms with Crippen molar-refractivity contribution >= 4 is 15.9 Å². The molecular weight excluding hydrogens is 344 g/mol. The highest BCUT2D eigenvalue weighted by molar-refractivity contribution is 7.89. The Morgan fingerprint density at radius 2 is 1.72 bits per heavy atom. The van der Waals surface area contributed by atoms with Gasteiger partial charge in [-0.25, -0.2) is 8.42 Å². The molecule has 0 aliphatic carbocycles. The third-order valence-corrected chi connectivity index (χ3v) is 6.15. The van der Waals surface area contributed by atoms with E-state index >= 15 is 0 Å². The molecule has 0 spiro atoms. The molecule has 2 aliphatic heterocycles. The monoisotopic (exact) mass is 368 g/mol. The molecular formula is C17H24N2O5S. The van der Waals surface area contributed by atoms with Crippen molar-refractivity contribution in [3.8, 4) is 11.5 Å². The predicted molar refractivity (Wildman–Crippen MR) is 92.0 cm³/mol. The SMILES string of the molecule is CC(C)(C)CC(=O)N1CCN(S(=O)(=O)c2ccc3c(c2)OCO3)CC1. The van der Waals surface area contributed by atoms with Crippen molar-refractivity contribution in [3.63, 3.8) is 0 Å². The van der Waals surface area contributed by atoms with Gasteiger partial charge < -0.3 is 14.4 Å². The smallest absolute Gasteiger partial charge is 0.243 e. The molecule has 2 heterocycles. The van der Waals surface area contributed by atoms with Gasteiger partial charge in [-0.2, -0.15) is 4.31 Å². The van der Waals surface area contributed by atoms with E-state index < -0.39 is 10.0 Å². The fraction of sp³-hybridized carbons (Fsp3) is 0.588. The molecule has 3 rings (SSSR count). The maximum Gasteiger partial charge on any atom is 0.243 e. The number of nitrogens with zero attached hydrogens (tertiary/aromatic N) is 2. The molecule has 2 aliphatic rings. The number of benzene rings is 1. The zero-order valence-corrected chi connectivity index (χ0v) is 15.6. The van der Waals surface area contributed by atoms with Gasteiger partial charge in [0, 0.05) is 38.7 Å². The molecule has 138 valence electrons. The lowest BCUT2D eigenvalue weighted by molar-refractivity contribution is -0.134. The summed E-state index contributed by atoms with van der Waals surface area (Å²) in [5, 5.41) is 0. The Morgan fingerprint density at radius 3 is 2.36 bits per heavy atom. The van der Waals surface area contributed by atoms with E-state index in [4.69, 9.17) is 9.47 Å². The topological polar surface area (TPSA) is 76.2 Å². The van der Waals surface area contributed by atoms with Gasteiger partial charge in [-0.1, -0.05) is 20.8 Å². The highest BCUT2D eigenvalue weighted by Crippen LogP contribution is 2.34. The van der Waals surface area contributed by atoms with Crippen LogP contribution in [-0.2, 0) is 14.8 Å². The Hall–Kier alpha value is -1.80. The third kappa shape index (κ3) is 3.90. The lowest BCUT2D eigenvalue weighted by Crippen LogP contribution is -2.50. The first-order chi connectivity index (χ1) is 11.7. The first kappa shape index (κ1) is 18.0. The summed E-state index contributed by atoms with van der Waals surface area (Å²) in [4.78, 5) is 14.2. The highest BCUT2D eigenvalue weighted by Gasteiger charge is 2.32. The van der Waals surface area contributed by atoms with Gasteiger partial charge in [0.25, 0.3) is 0 Å². The summed E-state index contributed by atoms with van der Waals surface area (Å²) in [5.41, 5.74) is -0.0766. The Kier molecular flexibility index (Phi) is 4.68. The molecule has 0 N–H and O–H groups in total. The van der Waals surface area contributed by atoms with Crippen molar-refractivity contribution in [2.45, 2.75) is 32.1 Å². The molecule has 8 heteroatoms. The van der Waals surface area contributed by atoms with Crippen LogP contribution in [0.5, 0.6) is 11.5 Å². The van der Waals surface area contributed by atoms with Crippen molar-refractivity contribution in [1.82, 2.24) is 9.21 Å². The first-order valence-corrected chi connectivity index (χ1v) is 9.78. The molecule has 1 saturated heterocycles. The van der Waals surface area contributed by atoms with Gasteiger partial charge in [0.05, 0.1) is 4.90 Å². The van der Waals surface area contributed by atoms with Crippen LogP contribution in [0.1, 0.15) is 27.2 Å². The maximum absolute atomic E-state index is 12.8. The van der Waals surface area contributed by atoms with E-state index in [9.17, 15) is 13.2 Å². The van der Waals surface area contributed by atoms with Crippen molar-refractivity contribution in [2.75, 3.05) is 33.0 Å². The van der Waals surface area contributed by atoms with Crippen LogP contribution in [-0.4, -0.2) is 56.5 Å². The summed E-state index contributed by atoms with van der Waals surface area (Å²) < 4.78 is 37.5. The van der Waals surface area contributed by atoms with Crippen molar-refractivity contribution in [3.05, 3.63) is 18.2 Å². The van der Waals surface area contributed by atoms with E-state index in [2.05, 4.69) is 0 Å². The molecule has 0 atom stereocenters. The molecule has 1 amide bonds. The number of carbonyl (C=O) groups excluding carboxylic acids is 1. The van der Waals surface area contributed by atoms with E-state index in [0.717, 1.165) is 0 Å². The van der Waals surface area contributed by atoms with Gasteiger partial charge in [0.1, 0.15) is 0 Å². The van der Waals surface area contributed by atoms with E-state index in [0.29, 0.717) is 44.1 Å². The minimum atomic E-state index is -3.61. The molecule has 7 nitrogen and oxygen atoms in total. The van der Waals surface area contributed by atoms with E-state index in [1.807, 2.05) is 20.8 Å². The standard InChI is InChI=1S/C17H24N2O5S/c1-17(2,3)11-16(20)18-6-8-19(9-7-18)25(21,22)13-4-5-14-15(10-13)24-12-23-14/h4-5,10H,6-9,11-12H2,1-3H3. The Labute approximate surface area is 148 Å². The Bertz CT molecular complexity index is 762. The summed E-state index contributed by atoms with van der Waals surface area (Å²) >= 11 is 0. The number of hydrogen-bond donors (Lipinski definition) is 0. The second-order valence-corrected chi connectivity index (χ2v) is 9.48. The Balaban J connectivity index is 1.67. The molecule has 0 aromatic heterocycles. The molecule has 25 heavy (non-hydrogen) atoms. The van der Waals surface area contributed by atoms with Gasteiger partial charge >= 0.3 is 0 Å². The predicted octanol–water partition coefficient (Wildman–Crippen LogP) is 1.68. The number of ether oxygens (including phenoxy) is 2. The summed E-state index contributed by atoms with van der Waals surface area (Å²) in [7, 11) is -3.61. The largest absolute Gasteiger partial charge is 0.454 e. The summed E-state index contributed by atoms with van der Waals surface area (Å²) in [6, 6.07) is 4.63. The van der Waals surface area contributed by atoms with Crippen LogP contribution in [0.15, 0.2) is 23.1 Å².